The Morgan fingerprint density at radius 1 is 1.22 bits per heavy atom. The van der Waals surface area contributed by atoms with Crippen molar-refractivity contribution >= 4 is 22.7 Å². The van der Waals surface area contributed by atoms with Gasteiger partial charge in [-0.3, -0.25) is 15.2 Å². The maximum Gasteiger partial charge on any atom is 0.188 e. The third-order valence-corrected chi connectivity index (χ3v) is 3.22. The van der Waals surface area contributed by atoms with Gasteiger partial charge in [0.05, 0.1) is 11.2 Å². The second-order valence-electron chi connectivity index (χ2n) is 4.42. The molecule has 4 heteroatoms. The van der Waals surface area contributed by atoms with Crippen LogP contribution in [-0.2, 0) is 0 Å². The second-order valence-corrected chi connectivity index (χ2v) is 4.42. The van der Waals surface area contributed by atoms with Crippen LogP contribution in [0.4, 0.5) is 5.69 Å². The van der Waals surface area contributed by atoms with Crippen LogP contribution in [0.25, 0.3) is 17.0 Å². The number of nitrogens with one attached hydrogen (secondary N) is 2. The maximum absolute atomic E-state index is 12.1. The van der Waals surface area contributed by atoms with Crippen molar-refractivity contribution in [3.05, 3.63) is 51.4 Å². The average molecular weight is 239 g/mol. The van der Waals surface area contributed by atoms with Gasteiger partial charge >= 0.3 is 0 Å². The van der Waals surface area contributed by atoms with Gasteiger partial charge in [-0.05, 0) is 37.6 Å². The van der Waals surface area contributed by atoms with Gasteiger partial charge in [-0.2, -0.15) is 0 Å². The third kappa shape index (κ3) is 1.54. The minimum absolute atomic E-state index is 0.00209. The number of hydrazine groups is 1. The fourth-order valence-corrected chi connectivity index (χ4v) is 2.07. The third-order valence-electron chi connectivity index (χ3n) is 3.22. The molecule has 1 aliphatic rings. The van der Waals surface area contributed by atoms with Crippen molar-refractivity contribution in [2.75, 3.05) is 5.43 Å². The topological polar surface area (TPSA) is 54.0 Å². The zero-order valence-electron chi connectivity index (χ0n) is 10.2. The van der Waals surface area contributed by atoms with Gasteiger partial charge in [-0.15, -0.1) is 0 Å². The Labute approximate surface area is 104 Å². The zero-order chi connectivity index (χ0) is 12.7. The number of aromatic nitrogens is 1. The molecule has 0 saturated carbocycles. The Hall–Kier alpha value is -2.36. The molecule has 0 unspecified atom stereocenters. The van der Waals surface area contributed by atoms with Crippen molar-refractivity contribution in [3.8, 4) is 0 Å². The van der Waals surface area contributed by atoms with Crippen LogP contribution in [0.5, 0.6) is 0 Å². The van der Waals surface area contributed by atoms with Crippen LogP contribution >= 0.6 is 0 Å². The molecule has 4 nitrogen and oxygen atoms in total. The van der Waals surface area contributed by atoms with E-state index in [1.165, 1.54) is 0 Å². The molecule has 2 N–H and O–H groups in total. The number of benzene rings is 1. The molecule has 2 aromatic rings. The molecule has 0 amide bonds. The highest BCUT2D eigenvalue weighted by atomic mass is 16.1. The normalized spacial score (nSPS) is 12.8. The smallest absolute Gasteiger partial charge is 0.188 e. The van der Waals surface area contributed by atoms with Crippen LogP contribution < -0.4 is 16.3 Å². The molecule has 0 saturated heterocycles. The van der Waals surface area contributed by atoms with E-state index in [9.17, 15) is 4.79 Å². The lowest BCUT2D eigenvalue weighted by molar-refractivity contribution is 1.05. The minimum atomic E-state index is 0.00209. The number of anilines is 1. The zero-order valence-corrected chi connectivity index (χ0v) is 10.2. The minimum Gasteiger partial charge on any atom is -0.308 e. The first-order chi connectivity index (χ1) is 8.66. The molecule has 0 spiro atoms. The fraction of sp³-hybridized carbons (Fsp3) is 0.143. The van der Waals surface area contributed by atoms with E-state index in [-0.39, 0.29) is 5.43 Å². The number of hydrogen-bond donors (Lipinski definition) is 2. The number of fused-ring (bicyclic) bond motifs is 3. The SMILES string of the molecule is Cc1cc(=O)c2ccc3c(c2nc1C)NNC=C3. The molecule has 0 radical (unpaired) electrons. The molecule has 0 bridgehead atoms. The first-order valence-electron chi connectivity index (χ1n) is 5.80. The molecular formula is C14H13N3O. The van der Waals surface area contributed by atoms with Crippen LogP contribution in [0.15, 0.2) is 29.2 Å². The van der Waals surface area contributed by atoms with E-state index in [0.29, 0.717) is 10.9 Å². The van der Waals surface area contributed by atoms with Gasteiger partial charge in [0.15, 0.2) is 5.43 Å². The Bertz CT molecular complexity index is 735. The number of nitrogens with zero attached hydrogens (tertiary/aromatic N) is 1. The van der Waals surface area contributed by atoms with E-state index < -0.39 is 0 Å². The molecule has 90 valence electrons. The van der Waals surface area contributed by atoms with Crippen LogP contribution in [0, 0.1) is 13.8 Å². The summed E-state index contributed by atoms with van der Waals surface area (Å²) < 4.78 is 0. The number of hydrogen-bond acceptors (Lipinski definition) is 4. The van der Waals surface area contributed by atoms with E-state index >= 15 is 0 Å². The summed E-state index contributed by atoms with van der Waals surface area (Å²) in [6.45, 7) is 3.82. The standard InChI is InChI=1S/C14H13N3O/c1-8-7-12(18)11-4-3-10-5-6-15-17-13(10)14(11)16-9(8)2/h3-7,15,17H,1-2H3. The Kier molecular flexibility index (Phi) is 2.30. The first-order valence-corrected chi connectivity index (χ1v) is 5.80. The lowest BCUT2D eigenvalue weighted by Crippen LogP contribution is -2.18. The summed E-state index contributed by atoms with van der Waals surface area (Å²) in [6.07, 6.45) is 3.76. The molecule has 1 aromatic carbocycles. The van der Waals surface area contributed by atoms with Gasteiger partial charge in [0.25, 0.3) is 0 Å². The molecule has 1 aliphatic heterocycles. The summed E-state index contributed by atoms with van der Waals surface area (Å²) >= 11 is 0. The van der Waals surface area contributed by atoms with Gasteiger partial charge in [-0.25, -0.2) is 0 Å². The fourth-order valence-electron chi connectivity index (χ4n) is 2.07. The van der Waals surface area contributed by atoms with Crippen molar-refractivity contribution in [3.63, 3.8) is 0 Å². The van der Waals surface area contributed by atoms with Crippen LogP contribution in [0.1, 0.15) is 16.8 Å². The van der Waals surface area contributed by atoms with Gasteiger partial charge in [0, 0.05) is 22.8 Å². The van der Waals surface area contributed by atoms with Crippen molar-refractivity contribution in [2.45, 2.75) is 13.8 Å². The monoisotopic (exact) mass is 239 g/mol. The highest BCUT2D eigenvalue weighted by Gasteiger charge is 2.11. The summed E-state index contributed by atoms with van der Waals surface area (Å²) in [4.78, 5) is 16.7. The Morgan fingerprint density at radius 3 is 2.89 bits per heavy atom. The van der Waals surface area contributed by atoms with E-state index in [4.69, 9.17) is 0 Å². The Balaban J connectivity index is 2.53. The van der Waals surface area contributed by atoms with Crippen LogP contribution in [0.2, 0.25) is 0 Å². The maximum atomic E-state index is 12.1. The van der Waals surface area contributed by atoms with E-state index in [1.807, 2.05) is 38.3 Å². The lowest BCUT2D eigenvalue weighted by atomic mass is 10.1. The van der Waals surface area contributed by atoms with Crippen molar-refractivity contribution in [2.24, 2.45) is 0 Å². The van der Waals surface area contributed by atoms with Crippen molar-refractivity contribution in [1.29, 1.82) is 0 Å². The predicted octanol–water partition coefficient (Wildman–Crippen LogP) is 2.11. The average Bonchev–Trinajstić information content (AvgIpc) is 2.48. The largest absolute Gasteiger partial charge is 0.308 e. The molecule has 0 atom stereocenters. The van der Waals surface area contributed by atoms with Crippen LogP contribution in [-0.4, -0.2) is 4.98 Å². The molecule has 0 aliphatic carbocycles. The highest BCUT2D eigenvalue weighted by Crippen LogP contribution is 2.26. The van der Waals surface area contributed by atoms with Crippen molar-refractivity contribution in [1.82, 2.24) is 10.4 Å². The quantitative estimate of drug-likeness (QED) is 0.739. The van der Waals surface area contributed by atoms with E-state index in [0.717, 1.165) is 22.5 Å². The summed E-state index contributed by atoms with van der Waals surface area (Å²) in [6, 6.07) is 5.40. The second kappa shape index (κ2) is 3.84. The lowest BCUT2D eigenvalue weighted by Gasteiger charge is -2.15. The molecule has 18 heavy (non-hydrogen) atoms. The molecule has 3 rings (SSSR count). The first kappa shape index (κ1) is 10.8. The number of aryl methyl sites for hydroxylation is 2. The molecule has 2 heterocycles. The summed E-state index contributed by atoms with van der Waals surface area (Å²) in [7, 11) is 0. The van der Waals surface area contributed by atoms with Gasteiger partial charge in [0.1, 0.15) is 0 Å². The summed E-state index contributed by atoms with van der Waals surface area (Å²) in [5.41, 5.74) is 10.3. The molecular weight excluding hydrogens is 226 g/mol. The molecule has 1 aromatic heterocycles. The van der Waals surface area contributed by atoms with Gasteiger partial charge in [-0.1, -0.05) is 6.07 Å². The molecule has 0 fully saturated rings. The van der Waals surface area contributed by atoms with Crippen LogP contribution in [0.3, 0.4) is 0 Å². The van der Waals surface area contributed by atoms with Gasteiger partial charge in [0.2, 0.25) is 0 Å². The number of rotatable bonds is 0. The predicted molar refractivity (Wildman–Crippen MR) is 73.3 cm³/mol. The Morgan fingerprint density at radius 2 is 2.06 bits per heavy atom. The van der Waals surface area contributed by atoms with Gasteiger partial charge < -0.3 is 5.43 Å². The summed E-state index contributed by atoms with van der Waals surface area (Å²) in [5, 5.41) is 0.634. The highest BCUT2D eigenvalue weighted by molar-refractivity contribution is 5.95. The van der Waals surface area contributed by atoms with E-state index in [2.05, 4.69) is 15.8 Å². The van der Waals surface area contributed by atoms with E-state index in [1.54, 1.807) is 6.07 Å². The van der Waals surface area contributed by atoms with Crippen molar-refractivity contribution < 1.29 is 0 Å². The summed E-state index contributed by atoms with van der Waals surface area (Å²) in [5.74, 6) is 0.